The van der Waals surface area contributed by atoms with Gasteiger partial charge in [-0.1, -0.05) is 17.7 Å². The molecule has 2 aromatic rings. The summed E-state index contributed by atoms with van der Waals surface area (Å²) in [6, 6.07) is 11.9. The minimum atomic E-state index is 0.0738. The number of benzene rings is 1. The van der Waals surface area contributed by atoms with Crippen molar-refractivity contribution in [3.63, 3.8) is 0 Å². The maximum atomic E-state index is 12.1. The van der Waals surface area contributed by atoms with Crippen LogP contribution in [0, 0.1) is 0 Å². The lowest BCUT2D eigenvalue weighted by Crippen LogP contribution is -2.38. The van der Waals surface area contributed by atoms with Gasteiger partial charge >= 0.3 is 0 Å². The Balaban J connectivity index is 1.47. The number of hydrogen-bond acceptors (Lipinski definition) is 4. The van der Waals surface area contributed by atoms with Gasteiger partial charge in [-0.05, 0) is 36.8 Å². The first kappa shape index (κ1) is 16.1. The predicted molar refractivity (Wildman–Crippen MR) is 95.2 cm³/mol. The number of hydrogen-bond donors (Lipinski definition) is 1. The number of thioether (sulfide) groups is 1. The summed E-state index contributed by atoms with van der Waals surface area (Å²) in [7, 11) is 0. The van der Waals surface area contributed by atoms with Gasteiger partial charge in [0, 0.05) is 47.1 Å². The zero-order valence-corrected chi connectivity index (χ0v) is 14.2. The van der Waals surface area contributed by atoms with Crippen LogP contribution in [0.5, 0.6) is 0 Å². The van der Waals surface area contributed by atoms with Crippen LogP contribution in [0.2, 0.25) is 5.02 Å². The lowest BCUT2D eigenvalue weighted by Gasteiger charge is -2.19. The first-order valence-corrected chi connectivity index (χ1v) is 8.90. The van der Waals surface area contributed by atoms with E-state index in [-0.39, 0.29) is 11.9 Å². The molecule has 1 amide bonds. The van der Waals surface area contributed by atoms with Crippen molar-refractivity contribution in [3.05, 3.63) is 53.8 Å². The van der Waals surface area contributed by atoms with Gasteiger partial charge in [0.15, 0.2) is 0 Å². The lowest BCUT2D eigenvalue weighted by atomic mass is 10.2. The van der Waals surface area contributed by atoms with E-state index in [4.69, 9.17) is 11.6 Å². The molecule has 1 aliphatic heterocycles. The molecule has 0 bridgehead atoms. The van der Waals surface area contributed by atoms with Crippen molar-refractivity contribution in [1.29, 1.82) is 0 Å². The molecule has 1 aliphatic rings. The fourth-order valence-corrected chi connectivity index (χ4v) is 3.52. The van der Waals surface area contributed by atoms with E-state index in [0.29, 0.717) is 5.75 Å². The molecule has 1 aromatic heterocycles. The maximum Gasteiger partial charge on any atom is 0.230 e. The predicted octanol–water partition coefficient (Wildman–Crippen LogP) is 3.22. The average molecular weight is 348 g/mol. The Bertz CT molecular complexity index is 668. The van der Waals surface area contributed by atoms with E-state index in [9.17, 15) is 4.79 Å². The fraction of sp³-hybridized carbons (Fsp3) is 0.294. The summed E-state index contributed by atoms with van der Waals surface area (Å²) in [5.41, 5.74) is 1.11. The van der Waals surface area contributed by atoms with E-state index < -0.39 is 0 Å². The number of anilines is 1. The molecule has 6 heteroatoms. The molecule has 0 unspecified atom stereocenters. The number of pyridine rings is 1. The summed E-state index contributed by atoms with van der Waals surface area (Å²) >= 11 is 7.57. The topological polar surface area (TPSA) is 45.2 Å². The zero-order valence-electron chi connectivity index (χ0n) is 12.6. The minimum Gasteiger partial charge on any atom is -0.369 e. The van der Waals surface area contributed by atoms with Crippen LogP contribution < -0.4 is 10.2 Å². The number of amides is 1. The SMILES string of the molecule is O=C(CSc1ccncc1)N[C@@H]1CCN(c2cccc(Cl)c2)C1. The second-order valence-corrected chi connectivity index (χ2v) is 6.94. The van der Waals surface area contributed by atoms with E-state index in [1.807, 2.05) is 30.3 Å². The zero-order chi connectivity index (χ0) is 16.1. The lowest BCUT2D eigenvalue weighted by molar-refractivity contribution is -0.119. The van der Waals surface area contributed by atoms with E-state index in [1.165, 1.54) is 11.8 Å². The monoisotopic (exact) mass is 347 g/mol. The quantitative estimate of drug-likeness (QED) is 0.843. The summed E-state index contributed by atoms with van der Waals surface area (Å²) in [6.07, 6.45) is 4.43. The number of nitrogens with one attached hydrogen (secondary N) is 1. The summed E-state index contributed by atoms with van der Waals surface area (Å²) < 4.78 is 0. The molecule has 1 fully saturated rings. The summed E-state index contributed by atoms with van der Waals surface area (Å²) in [5.74, 6) is 0.502. The largest absolute Gasteiger partial charge is 0.369 e. The maximum absolute atomic E-state index is 12.1. The van der Waals surface area contributed by atoms with Crippen LogP contribution in [0.3, 0.4) is 0 Å². The van der Waals surface area contributed by atoms with Gasteiger partial charge in [0.05, 0.1) is 5.75 Å². The second-order valence-electron chi connectivity index (χ2n) is 5.45. The highest BCUT2D eigenvalue weighted by Crippen LogP contribution is 2.23. The van der Waals surface area contributed by atoms with E-state index >= 15 is 0 Å². The van der Waals surface area contributed by atoms with E-state index in [0.717, 1.165) is 35.1 Å². The first-order valence-electron chi connectivity index (χ1n) is 7.53. The molecular formula is C17H18ClN3OS. The van der Waals surface area contributed by atoms with Crippen molar-refractivity contribution >= 4 is 35.0 Å². The summed E-state index contributed by atoms with van der Waals surface area (Å²) in [5, 5.41) is 3.85. The summed E-state index contributed by atoms with van der Waals surface area (Å²) in [4.78, 5) is 19.4. The van der Waals surface area contributed by atoms with Gasteiger partial charge in [-0.25, -0.2) is 0 Å². The standard InChI is InChI=1S/C17H18ClN3OS/c18-13-2-1-3-15(10-13)21-9-6-14(11-21)20-17(22)12-23-16-4-7-19-8-5-16/h1-5,7-8,10,14H,6,9,11-12H2,(H,20,22)/t14-/m1/s1. The Hall–Kier alpha value is -1.72. The highest BCUT2D eigenvalue weighted by Gasteiger charge is 2.24. The molecule has 1 saturated heterocycles. The molecule has 0 aliphatic carbocycles. The highest BCUT2D eigenvalue weighted by molar-refractivity contribution is 8.00. The van der Waals surface area contributed by atoms with Crippen molar-refractivity contribution in [1.82, 2.24) is 10.3 Å². The van der Waals surface area contributed by atoms with Crippen molar-refractivity contribution in [2.45, 2.75) is 17.4 Å². The first-order chi connectivity index (χ1) is 11.2. The highest BCUT2D eigenvalue weighted by atomic mass is 35.5. The smallest absolute Gasteiger partial charge is 0.230 e. The molecule has 1 N–H and O–H groups in total. The number of carbonyl (C=O) groups excluding carboxylic acids is 1. The number of carbonyl (C=O) groups is 1. The van der Waals surface area contributed by atoms with Gasteiger partial charge in [-0.15, -0.1) is 11.8 Å². The molecule has 4 nitrogen and oxygen atoms in total. The molecule has 0 saturated carbocycles. The molecule has 0 spiro atoms. The number of rotatable bonds is 5. The van der Waals surface area contributed by atoms with Gasteiger partial charge in [0.2, 0.25) is 5.91 Å². The van der Waals surface area contributed by atoms with Crippen molar-refractivity contribution in [3.8, 4) is 0 Å². The van der Waals surface area contributed by atoms with Crippen molar-refractivity contribution in [2.24, 2.45) is 0 Å². The fourth-order valence-electron chi connectivity index (χ4n) is 2.64. The Morgan fingerprint density at radius 3 is 2.96 bits per heavy atom. The van der Waals surface area contributed by atoms with Crippen molar-refractivity contribution in [2.75, 3.05) is 23.7 Å². The third kappa shape index (κ3) is 4.62. The van der Waals surface area contributed by atoms with E-state index in [1.54, 1.807) is 12.4 Å². The van der Waals surface area contributed by atoms with Crippen LogP contribution in [-0.2, 0) is 4.79 Å². The molecule has 0 radical (unpaired) electrons. The Morgan fingerprint density at radius 2 is 2.17 bits per heavy atom. The van der Waals surface area contributed by atoms with Crippen LogP contribution in [0.15, 0.2) is 53.7 Å². The molecule has 1 aromatic carbocycles. The van der Waals surface area contributed by atoms with Crippen LogP contribution >= 0.6 is 23.4 Å². The van der Waals surface area contributed by atoms with Crippen LogP contribution in [0.25, 0.3) is 0 Å². The molecule has 23 heavy (non-hydrogen) atoms. The second kappa shape index (κ2) is 7.70. The number of aromatic nitrogens is 1. The Kier molecular flexibility index (Phi) is 5.41. The van der Waals surface area contributed by atoms with Gasteiger partial charge in [-0.2, -0.15) is 0 Å². The Labute approximate surface area is 145 Å². The summed E-state index contributed by atoms with van der Waals surface area (Å²) in [6.45, 7) is 1.76. The number of nitrogens with zero attached hydrogens (tertiary/aromatic N) is 2. The molecule has 3 rings (SSSR count). The third-order valence-electron chi connectivity index (χ3n) is 3.75. The van der Waals surface area contributed by atoms with Gasteiger partial charge in [0.25, 0.3) is 0 Å². The molecule has 120 valence electrons. The number of halogens is 1. The Morgan fingerprint density at radius 1 is 1.35 bits per heavy atom. The van der Waals surface area contributed by atoms with Crippen LogP contribution in [-0.4, -0.2) is 35.8 Å². The van der Waals surface area contributed by atoms with Crippen molar-refractivity contribution < 1.29 is 4.79 Å². The normalized spacial score (nSPS) is 17.3. The van der Waals surface area contributed by atoms with Gasteiger partial charge in [-0.3, -0.25) is 9.78 Å². The minimum absolute atomic E-state index is 0.0738. The van der Waals surface area contributed by atoms with Gasteiger partial charge < -0.3 is 10.2 Å². The van der Waals surface area contributed by atoms with Gasteiger partial charge in [0.1, 0.15) is 0 Å². The van der Waals surface area contributed by atoms with Crippen LogP contribution in [0.4, 0.5) is 5.69 Å². The molecule has 2 heterocycles. The molecule has 1 atom stereocenters. The van der Waals surface area contributed by atoms with E-state index in [2.05, 4.69) is 21.3 Å². The third-order valence-corrected chi connectivity index (χ3v) is 4.99. The average Bonchev–Trinajstić information content (AvgIpc) is 3.02. The molecular weight excluding hydrogens is 330 g/mol. The van der Waals surface area contributed by atoms with Crippen LogP contribution in [0.1, 0.15) is 6.42 Å².